The maximum atomic E-state index is 6.17. The molecule has 6 heteroatoms. The van der Waals surface area contributed by atoms with Crippen LogP contribution in [-0.2, 0) is 9.31 Å². The lowest BCUT2D eigenvalue weighted by Gasteiger charge is -2.32. The first-order valence-electron chi connectivity index (χ1n) is 5.40. The van der Waals surface area contributed by atoms with E-state index in [4.69, 9.17) is 20.9 Å². The zero-order valence-corrected chi connectivity index (χ0v) is 12.6. The second-order valence-corrected chi connectivity index (χ2v) is 6.24. The summed E-state index contributed by atoms with van der Waals surface area (Å²) in [5.74, 6) is 0. The molecule has 0 aromatic carbocycles. The van der Waals surface area contributed by atoms with Crippen LogP contribution >= 0.6 is 27.5 Å². The fraction of sp³-hybridized carbons (Fsp3) is 0.545. The first kappa shape index (κ1) is 13.3. The molecule has 17 heavy (non-hydrogen) atoms. The first-order valence-corrected chi connectivity index (χ1v) is 6.57. The van der Waals surface area contributed by atoms with Gasteiger partial charge in [0.1, 0.15) is 4.60 Å². The number of hydrogen-bond acceptors (Lipinski definition) is 3. The van der Waals surface area contributed by atoms with Gasteiger partial charge < -0.3 is 9.31 Å². The zero-order valence-electron chi connectivity index (χ0n) is 10.3. The van der Waals surface area contributed by atoms with Crippen LogP contribution in [0.2, 0.25) is 5.02 Å². The van der Waals surface area contributed by atoms with E-state index in [0.29, 0.717) is 9.63 Å². The summed E-state index contributed by atoms with van der Waals surface area (Å²) in [5.41, 5.74) is -0.0140. The Kier molecular flexibility index (Phi) is 3.32. The van der Waals surface area contributed by atoms with Crippen LogP contribution in [0.15, 0.2) is 16.9 Å². The number of halogens is 2. The van der Waals surface area contributed by atoms with Gasteiger partial charge in [-0.25, -0.2) is 4.98 Å². The predicted molar refractivity (Wildman–Crippen MR) is 72.7 cm³/mol. The van der Waals surface area contributed by atoms with Gasteiger partial charge in [0.25, 0.3) is 0 Å². The van der Waals surface area contributed by atoms with Crippen molar-refractivity contribution in [1.29, 1.82) is 0 Å². The molecule has 1 aromatic rings. The zero-order chi connectivity index (χ0) is 12.8. The third kappa shape index (κ3) is 2.26. The van der Waals surface area contributed by atoms with Gasteiger partial charge in [0.05, 0.1) is 11.2 Å². The Morgan fingerprint density at radius 1 is 1.24 bits per heavy atom. The molecule has 0 bridgehead atoms. The summed E-state index contributed by atoms with van der Waals surface area (Å²) >= 11 is 9.54. The highest BCUT2D eigenvalue weighted by Crippen LogP contribution is 2.37. The van der Waals surface area contributed by atoms with E-state index < -0.39 is 7.12 Å². The minimum absolute atomic E-state index is 0.379. The number of pyridine rings is 1. The summed E-state index contributed by atoms with van der Waals surface area (Å²) in [6.07, 6.45) is 1.64. The Balaban J connectivity index is 2.39. The minimum Gasteiger partial charge on any atom is -0.399 e. The van der Waals surface area contributed by atoms with Crippen LogP contribution in [0.25, 0.3) is 0 Å². The van der Waals surface area contributed by atoms with Gasteiger partial charge in [-0.05, 0) is 49.7 Å². The Bertz CT molecular complexity index is 417. The lowest BCUT2D eigenvalue weighted by Crippen LogP contribution is -2.41. The van der Waals surface area contributed by atoms with Gasteiger partial charge in [-0.1, -0.05) is 11.6 Å². The van der Waals surface area contributed by atoms with Crippen LogP contribution in [0.5, 0.6) is 0 Å². The average molecular weight is 318 g/mol. The maximum absolute atomic E-state index is 6.17. The van der Waals surface area contributed by atoms with E-state index in [2.05, 4.69) is 20.9 Å². The van der Waals surface area contributed by atoms with Crippen molar-refractivity contribution in [3.63, 3.8) is 0 Å². The van der Waals surface area contributed by atoms with Crippen LogP contribution in [-0.4, -0.2) is 23.3 Å². The highest BCUT2D eigenvalue weighted by Gasteiger charge is 2.52. The SMILES string of the molecule is CC1(C)OB(c2c(Cl)ccnc2Br)OC1(C)C. The van der Waals surface area contributed by atoms with E-state index in [1.165, 1.54) is 0 Å². The number of hydrogen-bond donors (Lipinski definition) is 0. The van der Waals surface area contributed by atoms with Crippen LogP contribution < -0.4 is 5.46 Å². The normalized spacial score (nSPS) is 21.9. The number of rotatable bonds is 1. The Hall–Kier alpha value is -0.0951. The van der Waals surface area contributed by atoms with Crippen LogP contribution in [0.1, 0.15) is 27.7 Å². The van der Waals surface area contributed by atoms with E-state index in [9.17, 15) is 0 Å². The molecule has 0 amide bonds. The van der Waals surface area contributed by atoms with Crippen molar-refractivity contribution < 1.29 is 9.31 Å². The van der Waals surface area contributed by atoms with Crippen molar-refractivity contribution in [2.24, 2.45) is 0 Å². The standard InChI is InChI=1S/C11H14BBrClNO2/c1-10(2)11(3,4)17-12(16-10)8-7(14)5-6-15-9(8)13/h5-6H,1-4H3. The molecule has 0 radical (unpaired) electrons. The second kappa shape index (κ2) is 4.23. The van der Waals surface area contributed by atoms with Crippen molar-refractivity contribution in [3.8, 4) is 0 Å². The molecule has 0 spiro atoms. The molecule has 0 saturated carbocycles. The maximum Gasteiger partial charge on any atom is 0.499 e. The van der Waals surface area contributed by atoms with Crippen LogP contribution in [0, 0.1) is 0 Å². The molecule has 92 valence electrons. The summed E-state index contributed by atoms with van der Waals surface area (Å²) in [4.78, 5) is 4.15. The smallest absolute Gasteiger partial charge is 0.399 e. The summed E-state index contributed by atoms with van der Waals surface area (Å²) in [6.45, 7) is 8.02. The van der Waals surface area contributed by atoms with Gasteiger partial charge in [0.15, 0.2) is 0 Å². The Morgan fingerprint density at radius 2 is 1.76 bits per heavy atom. The predicted octanol–water partition coefficient (Wildman–Crippen LogP) is 2.80. The summed E-state index contributed by atoms with van der Waals surface area (Å²) in [7, 11) is -0.490. The van der Waals surface area contributed by atoms with Crippen LogP contribution in [0.3, 0.4) is 0 Å². The van der Waals surface area contributed by atoms with Gasteiger partial charge in [-0.2, -0.15) is 0 Å². The minimum atomic E-state index is -0.490. The van der Waals surface area contributed by atoms with Crippen molar-refractivity contribution in [2.75, 3.05) is 0 Å². The topological polar surface area (TPSA) is 31.4 Å². The third-order valence-corrected chi connectivity index (χ3v) is 4.34. The highest BCUT2D eigenvalue weighted by molar-refractivity contribution is 9.10. The fourth-order valence-corrected chi connectivity index (χ4v) is 2.46. The van der Waals surface area contributed by atoms with Gasteiger partial charge >= 0.3 is 7.12 Å². The van der Waals surface area contributed by atoms with Crippen molar-refractivity contribution >= 4 is 40.1 Å². The summed E-state index contributed by atoms with van der Waals surface area (Å²) in [6, 6.07) is 1.73. The van der Waals surface area contributed by atoms with Gasteiger partial charge in [0.2, 0.25) is 0 Å². The molecule has 1 saturated heterocycles. The molecule has 1 fully saturated rings. The lowest BCUT2D eigenvalue weighted by atomic mass is 9.80. The van der Waals surface area contributed by atoms with Gasteiger partial charge in [-0.3, -0.25) is 0 Å². The van der Waals surface area contributed by atoms with E-state index in [-0.39, 0.29) is 11.2 Å². The van der Waals surface area contributed by atoms with Crippen molar-refractivity contribution in [2.45, 2.75) is 38.9 Å². The van der Waals surface area contributed by atoms with Gasteiger partial charge in [0, 0.05) is 16.7 Å². The van der Waals surface area contributed by atoms with Crippen molar-refractivity contribution in [3.05, 3.63) is 21.9 Å². The number of aromatic nitrogens is 1. The molecule has 2 rings (SSSR count). The first-order chi connectivity index (χ1) is 7.74. The Labute approximate surface area is 115 Å². The number of nitrogens with zero attached hydrogens (tertiary/aromatic N) is 1. The molecule has 1 aromatic heterocycles. The largest absolute Gasteiger partial charge is 0.499 e. The molecular weight excluding hydrogens is 304 g/mol. The summed E-state index contributed by atoms with van der Waals surface area (Å²) in [5, 5.41) is 0.588. The van der Waals surface area contributed by atoms with Gasteiger partial charge in [-0.15, -0.1) is 0 Å². The van der Waals surface area contributed by atoms with Crippen molar-refractivity contribution in [1.82, 2.24) is 4.98 Å². The third-order valence-electron chi connectivity index (χ3n) is 3.38. The average Bonchev–Trinajstić information content (AvgIpc) is 2.35. The fourth-order valence-electron chi connectivity index (χ4n) is 1.60. The molecule has 0 aliphatic carbocycles. The molecule has 0 atom stereocenters. The highest BCUT2D eigenvalue weighted by atomic mass is 79.9. The van der Waals surface area contributed by atoms with E-state index >= 15 is 0 Å². The molecule has 1 aliphatic heterocycles. The second-order valence-electron chi connectivity index (χ2n) is 5.09. The van der Waals surface area contributed by atoms with E-state index in [0.717, 1.165) is 5.46 Å². The van der Waals surface area contributed by atoms with E-state index in [1.807, 2.05) is 27.7 Å². The quantitative estimate of drug-likeness (QED) is 0.589. The Morgan fingerprint density at radius 3 is 2.24 bits per heavy atom. The molecule has 2 heterocycles. The monoisotopic (exact) mass is 317 g/mol. The molecular formula is C11H14BBrClNO2. The molecule has 1 aliphatic rings. The van der Waals surface area contributed by atoms with Crippen LogP contribution in [0.4, 0.5) is 0 Å². The molecule has 0 unspecified atom stereocenters. The van der Waals surface area contributed by atoms with E-state index in [1.54, 1.807) is 12.3 Å². The molecule has 0 N–H and O–H groups in total. The summed E-state index contributed by atoms with van der Waals surface area (Å²) < 4.78 is 12.5. The molecule has 3 nitrogen and oxygen atoms in total. The lowest BCUT2D eigenvalue weighted by molar-refractivity contribution is 0.00578.